The zero-order valence-electron chi connectivity index (χ0n) is 10.6. The van der Waals surface area contributed by atoms with Gasteiger partial charge in [-0.2, -0.15) is 13.2 Å². The van der Waals surface area contributed by atoms with Gasteiger partial charge in [0.2, 0.25) is 5.91 Å². The molecule has 0 unspecified atom stereocenters. The lowest BCUT2D eigenvalue weighted by Gasteiger charge is -2.09. The first-order valence-electron chi connectivity index (χ1n) is 5.60. The summed E-state index contributed by atoms with van der Waals surface area (Å²) in [7, 11) is 0. The Hall–Kier alpha value is -2.25. The molecule has 20 heavy (non-hydrogen) atoms. The third kappa shape index (κ3) is 6.62. The molecule has 0 aliphatic carbocycles. The summed E-state index contributed by atoms with van der Waals surface area (Å²) < 4.78 is 39.3. The number of rotatable bonds is 4. The summed E-state index contributed by atoms with van der Waals surface area (Å²) in [5.41, 5.74) is 1.24. The van der Waals surface area contributed by atoms with Crippen molar-refractivity contribution in [1.82, 2.24) is 5.32 Å². The van der Waals surface area contributed by atoms with E-state index in [1.807, 2.05) is 0 Å². The Kier molecular flexibility index (Phi) is 5.36. The zero-order valence-corrected chi connectivity index (χ0v) is 10.6. The molecule has 1 aromatic carbocycles. The van der Waals surface area contributed by atoms with E-state index < -0.39 is 18.9 Å². The van der Waals surface area contributed by atoms with Crippen molar-refractivity contribution in [2.45, 2.75) is 19.6 Å². The van der Waals surface area contributed by atoms with Crippen molar-refractivity contribution in [3.63, 3.8) is 0 Å². The van der Waals surface area contributed by atoms with Crippen molar-refractivity contribution in [2.24, 2.45) is 0 Å². The smallest absolute Gasteiger partial charge is 0.422 e. The minimum atomic E-state index is -4.54. The molecule has 2 amide bonds. The molecule has 0 spiro atoms. The van der Waals surface area contributed by atoms with E-state index in [4.69, 9.17) is 0 Å². The zero-order chi connectivity index (χ0) is 15.2. The van der Waals surface area contributed by atoms with Gasteiger partial charge in [-0.15, -0.1) is 0 Å². The van der Waals surface area contributed by atoms with E-state index in [1.165, 1.54) is 6.92 Å². The van der Waals surface area contributed by atoms with E-state index in [1.54, 1.807) is 24.3 Å². The Morgan fingerprint density at radius 2 is 1.80 bits per heavy atom. The highest BCUT2D eigenvalue weighted by Crippen LogP contribution is 2.14. The summed E-state index contributed by atoms with van der Waals surface area (Å²) in [6.07, 6.45) is -5.69. The maximum Gasteiger partial charge on any atom is 0.422 e. The SMILES string of the molecule is CC(=O)Nc1ccc(CNC(=O)OCC(F)(F)F)cc1. The minimum absolute atomic E-state index is 0.0248. The fourth-order valence-electron chi connectivity index (χ4n) is 1.28. The summed E-state index contributed by atoms with van der Waals surface area (Å²) in [6, 6.07) is 6.46. The van der Waals surface area contributed by atoms with Crippen molar-refractivity contribution in [3.05, 3.63) is 29.8 Å². The van der Waals surface area contributed by atoms with Crippen molar-refractivity contribution in [1.29, 1.82) is 0 Å². The Morgan fingerprint density at radius 1 is 1.20 bits per heavy atom. The molecule has 1 rings (SSSR count). The highest BCUT2D eigenvalue weighted by atomic mass is 19.4. The number of amides is 2. The normalized spacial score (nSPS) is 10.8. The second-order valence-electron chi connectivity index (χ2n) is 3.92. The number of anilines is 1. The third-order valence-corrected chi connectivity index (χ3v) is 2.08. The van der Waals surface area contributed by atoms with Gasteiger partial charge in [-0.3, -0.25) is 4.79 Å². The summed E-state index contributed by atoms with van der Waals surface area (Å²) in [6.45, 7) is -0.233. The van der Waals surface area contributed by atoms with Crippen LogP contribution in [0.25, 0.3) is 0 Å². The summed E-state index contributed by atoms with van der Waals surface area (Å²) >= 11 is 0. The fraction of sp³-hybridized carbons (Fsp3) is 0.333. The minimum Gasteiger partial charge on any atom is -0.440 e. The van der Waals surface area contributed by atoms with E-state index in [0.29, 0.717) is 11.3 Å². The van der Waals surface area contributed by atoms with Crippen molar-refractivity contribution in [2.75, 3.05) is 11.9 Å². The number of hydrogen-bond donors (Lipinski definition) is 2. The molecule has 0 aliphatic heterocycles. The van der Waals surface area contributed by atoms with Gasteiger partial charge in [0.25, 0.3) is 0 Å². The first-order valence-corrected chi connectivity index (χ1v) is 5.60. The lowest BCUT2D eigenvalue weighted by atomic mass is 10.2. The Morgan fingerprint density at radius 3 is 2.30 bits per heavy atom. The van der Waals surface area contributed by atoms with E-state index in [-0.39, 0.29) is 12.5 Å². The van der Waals surface area contributed by atoms with Crippen molar-refractivity contribution < 1.29 is 27.5 Å². The number of hydrogen-bond acceptors (Lipinski definition) is 3. The number of benzene rings is 1. The molecule has 110 valence electrons. The molecular weight excluding hydrogens is 277 g/mol. The maximum atomic E-state index is 11.8. The average Bonchev–Trinajstić information content (AvgIpc) is 2.34. The quantitative estimate of drug-likeness (QED) is 0.895. The van der Waals surface area contributed by atoms with Gasteiger partial charge in [-0.25, -0.2) is 4.79 Å². The van der Waals surface area contributed by atoms with Crippen molar-refractivity contribution >= 4 is 17.7 Å². The van der Waals surface area contributed by atoms with Crippen LogP contribution in [0.3, 0.4) is 0 Å². The van der Waals surface area contributed by atoms with Gasteiger partial charge >= 0.3 is 12.3 Å². The van der Waals surface area contributed by atoms with E-state index in [9.17, 15) is 22.8 Å². The maximum absolute atomic E-state index is 11.8. The molecule has 8 heteroatoms. The monoisotopic (exact) mass is 290 g/mol. The van der Waals surface area contributed by atoms with Gasteiger partial charge in [0, 0.05) is 19.2 Å². The highest BCUT2D eigenvalue weighted by Gasteiger charge is 2.29. The van der Waals surface area contributed by atoms with Crippen LogP contribution in [0.5, 0.6) is 0 Å². The lowest BCUT2D eigenvalue weighted by molar-refractivity contribution is -0.160. The second kappa shape index (κ2) is 6.78. The lowest BCUT2D eigenvalue weighted by Crippen LogP contribution is -2.28. The Balaban J connectivity index is 2.38. The van der Waals surface area contributed by atoms with Crippen LogP contribution in [0.15, 0.2) is 24.3 Å². The molecule has 5 nitrogen and oxygen atoms in total. The summed E-state index contributed by atoms with van der Waals surface area (Å²) in [5.74, 6) is -0.216. The van der Waals surface area contributed by atoms with Gasteiger partial charge < -0.3 is 15.4 Å². The fourth-order valence-corrected chi connectivity index (χ4v) is 1.28. The van der Waals surface area contributed by atoms with Crippen LogP contribution in [0.1, 0.15) is 12.5 Å². The summed E-state index contributed by atoms with van der Waals surface area (Å²) in [5, 5.41) is 4.74. The average molecular weight is 290 g/mol. The van der Waals surface area contributed by atoms with Gasteiger partial charge in [-0.1, -0.05) is 12.1 Å². The molecule has 0 aromatic heterocycles. The molecule has 0 saturated heterocycles. The van der Waals surface area contributed by atoms with Crippen LogP contribution in [-0.2, 0) is 16.1 Å². The van der Waals surface area contributed by atoms with Crippen molar-refractivity contribution in [3.8, 4) is 0 Å². The molecule has 0 saturated carbocycles. The van der Waals surface area contributed by atoms with E-state index in [2.05, 4.69) is 15.4 Å². The molecular formula is C12H13F3N2O3. The van der Waals surface area contributed by atoms with Crippen LogP contribution >= 0.6 is 0 Å². The van der Waals surface area contributed by atoms with Crippen LogP contribution < -0.4 is 10.6 Å². The molecule has 2 N–H and O–H groups in total. The number of ether oxygens (including phenoxy) is 1. The van der Waals surface area contributed by atoms with E-state index >= 15 is 0 Å². The molecule has 0 bridgehead atoms. The second-order valence-corrected chi connectivity index (χ2v) is 3.92. The van der Waals surface area contributed by atoms with Gasteiger partial charge in [0.05, 0.1) is 0 Å². The Bertz CT molecular complexity index is 472. The number of carbonyl (C=O) groups is 2. The Labute approximate surface area is 113 Å². The molecule has 1 aromatic rings. The largest absolute Gasteiger partial charge is 0.440 e. The van der Waals surface area contributed by atoms with Gasteiger partial charge in [0.1, 0.15) is 0 Å². The first kappa shape index (κ1) is 15.8. The molecule has 0 atom stereocenters. The number of alkyl carbamates (subject to hydrolysis) is 1. The number of carbonyl (C=O) groups excluding carboxylic acids is 2. The van der Waals surface area contributed by atoms with Crippen LogP contribution in [0.4, 0.5) is 23.7 Å². The van der Waals surface area contributed by atoms with Crippen LogP contribution in [0, 0.1) is 0 Å². The van der Waals surface area contributed by atoms with Gasteiger partial charge in [0.15, 0.2) is 6.61 Å². The highest BCUT2D eigenvalue weighted by molar-refractivity contribution is 5.88. The first-order chi connectivity index (χ1) is 9.26. The number of halogens is 3. The number of alkyl halides is 3. The topological polar surface area (TPSA) is 67.4 Å². The van der Waals surface area contributed by atoms with Gasteiger partial charge in [-0.05, 0) is 17.7 Å². The molecule has 0 fully saturated rings. The standard InChI is InChI=1S/C12H13F3N2O3/c1-8(18)17-10-4-2-9(3-5-10)6-16-11(19)20-7-12(13,14)15/h2-5H,6-7H2,1H3,(H,16,19)(H,17,18). The predicted molar refractivity (Wildman–Crippen MR) is 65.0 cm³/mol. The van der Waals surface area contributed by atoms with Crippen LogP contribution in [0.2, 0.25) is 0 Å². The number of nitrogens with one attached hydrogen (secondary N) is 2. The third-order valence-electron chi connectivity index (χ3n) is 2.08. The van der Waals surface area contributed by atoms with E-state index in [0.717, 1.165) is 0 Å². The molecule has 0 heterocycles. The molecule has 0 radical (unpaired) electrons. The predicted octanol–water partition coefficient (Wildman–Crippen LogP) is 2.43. The molecule has 0 aliphatic rings. The summed E-state index contributed by atoms with van der Waals surface area (Å²) in [4.78, 5) is 21.8. The van der Waals surface area contributed by atoms with Crippen LogP contribution in [-0.4, -0.2) is 24.8 Å².